The Kier molecular flexibility index (Phi) is 5.62. The van der Waals surface area contributed by atoms with E-state index in [-0.39, 0.29) is 0 Å². The molecule has 0 amide bonds. The molecule has 1 fully saturated rings. The summed E-state index contributed by atoms with van der Waals surface area (Å²) in [5.74, 6) is 1.86. The van der Waals surface area contributed by atoms with Crippen molar-refractivity contribution in [2.75, 3.05) is 26.7 Å². The maximum Gasteiger partial charge on any atom is 0.00355 e. The molecule has 0 saturated carbocycles. The lowest BCUT2D eigenvalue weighted by Gasteiger charge is -2.30. The van der Waals surface area contributed by atoms with E-state index in [0.717, 1.165) is 11.8 Å². The molecule has 0 spiro atoms. The lowest BCUT2D eigenvalue weighted by molar-refractivity contribution is 0.209. The maximum absolute atomic E-state index is 3.44. The molecule has 90 valence electrons. The van der Waals surface area contributed by atoms with Crippen LogP contribution in [0.2, 0.25) is 0 Å². The van der Waals surface area contributed by atoms with Crippen LogP contribution in [0.15, 0.2) is 0 Å². The van der Waals surface area contributed by atoms with Crippen molar-refractivity contribution >= 4 is 0 Å². The van der Waals surface area contributed by atoms with E-state index in [0.29, 0.717) is 6.04 Å². The van der Waals surface area contributed by atoms with Gasteiger partial charge in [0.15, 0.2) is 0 Å². The van der Waals surface area contributed by atoms with E-state index < -0.39 is 0 Å². The van der Waals surface area contributed by atoms with Crippen LogP contribution in [0.3, 0.4) is 0 Å². The van der Waals surface area contributed by atoms with Crippen molar-refractivity contribution in [2.45, 2.75) is 46.1 Å². The van der Waals surface area contributed by atoms with Crippen molar-refractivity contribution in [3.05, 3.63) is 0 Å². The molecule has 1 saturated heterocycles. The molecule has 1 aliphatic rings. The largest absolute Gasteiger partial charge is 0.317 e. The van der Waals surface area contributed by atoms with E-state index in [4.69, 9.17) is 0 Å². The van der Waals surface area contributed by atoms with Gasteiger partial charge < -0.3 is 10.2 Å². The number of rotatable bonds is 5. The first-order valence-corrected chi connectivity index (χ1v) is 6.52. The number of nitrogens with zero attached hydrogens (tertiary/aromatic N) is 1. The van der Waals surface area contributed by atoms with Crippen LogP contribution < -0.4 is 5.32 Å². The fourth-order valence-electron chi connectivity index (χ4n) is 2.31. The van der Waals surface area contributed by atoms with E-state index in [9.17, 15) is 0 Å². The lowest BCUT2D eigenvalue weighted by Crippen LogP contribution is -2.33. The van der Waals surface area contributed by atoms with Crippen LogP contribution in [0.5, 0.6) is 0 Å². The zero-order chi connectivity index (χ0) is 11.3. The van der Waals surface area contributed by atoms with Gasteiger partial charge in [0, 0.05) is 6.04 Å². The molecule has 1 aliphatic heterocycles. The van der Waals surface area contributed by atoms with Crippen LogP contribution in [0.1, 0.15) is 40.0 Å². The second-order valence-corrected chi connectivity index (χ2v) is 5.43. The standard InChI is InChI=1S/C13H28N2/c1-11(2)15(4)10-7-12(3)13-5-8-14-9-6-13/h11-14H,5-10H2,1-4H3. The first-order valence-electron chi connectivity index (χ1n) is 6.52. The summed E-state index contributed by atoms with van der Waals surface area (Å²) in [5, 5.41) is 3.44. The fourth-order valence-corrected chi connectivity index (χ4v) is 2.31. The van der Waals surface area contributed by atoms with Crippen molar-refractivity contribution in [2.24, 2.45) is 11.8 Å². The molecular weight excluding hydrogens is 184 g/mol. The second-order valence-electron chi connectivity index (χ2n) is 5.43. The highest BCUT2D eigenvalue weighted by Gasteiger charge is 2.19. The Bertz CT molecular complexity index is 162. The van der Waals surface area contributed by atoms with Gasteiger partial charge in [0.25, 0.3) is 0 Å². The van der Waals surface area contributed by atoms with Gasteiger partial charge in [0.1, 0.15) is 0 Å². The van der Waals surface area contributed by atoms with Crippen LogP contribution in [-0.2, 0) is 0 Å². The Hall–Kier alpha value is -0.0800. The molecule has 1 N–H and O–H groups in total. The van der Waals surface area contributed by atoms with Gasteiger partial charge in [-0.3, -0.25) is 0 Å². The first kappa shape index (κ1) is 13.0. The SMILES string of the molecule is CC(CCN(C)C(C)C)C1CCNCC1. The van der Waals surface area contributed by atoms with Crippen LogP contribution in [0.25, 0.3) is 0 Å². The fraction of sp³-hybridized carbons (Fsp3) is 1.00. The van der Waals surface area contributed by atoms with Gasteiger partial charge in [-0.15, -0.1) is 0 Å². The molecule has 0 aliphatic carbocycles. The average Bonchev–Trinajstić information content (AvgIpc) is 2.26. The van der Waals surface area contributed by atoms with E-state index in [1.165, 1.54) is 38.9 Å². The van der Waals surface area contributed by atoms with E-state index >= 15 is 0 Å². The second kappa shape index (κ2) is 6.49. The summed E-state index contributed by atoms with van der Waals surface area (Å²) in [6, 6.07) is 0.685. The first-order chi connectivity index (χ1) is 7.11. The van der Waals surface area contributed by atoms with Crippen LogP contribution in [0, 0.1) is 11.8 Å². The van der Waals surface area contributed by atoms with E-state index in [2.05, 4.69) is 38.0 Å². The average molecular weight is 212 g/mol. The predicted molar refractivity (Wildman–Crippen MR) is 67.1 cm³/mol. The van der Waals surface area contributed by atoms with Crippen molar-refractivity contribution in [3.63, 3.8) is 0 Å². The Balaban J connectivity index is 2.19. The van der Waals surface area contributed by atoms with Crippen LogP contribution in [0.4, 0.5) is 0 Å². The van der Waals surface area contributed by atoms with Crippen LogP contribution in [-0.4, -0.2) is 37.6 Å². The Morgan fingerprint density at radius 3 is 2.33 bits per heavy atom. The maximum atomic E-state index is 3.44. The minimum Gasteiger partial charge on any atom is -0.317 e. The number of hydrogen-bond donors (Lipinski definition) is 1. The molecule has 0 aromatic carbocycles. The molecule has 0 radical (unpaired) electrons. The van der Waals surface area contributed by atoms with Gasteiger partial charge in [0.2, 0.25) is 0 Å². The summed E-state index contributed by atoms with van der Waals surface area (Å²) < 4.78 is 0. The Labute approximate surface area is 95.4 Å². The van der Waals surface area contributed by atoms with Gasteiger partial charge in [-0.25, -0.2) is 0 Å². The van der Waals surface area contributed by atoms with Gasteiger partial charge in [0.05, 0.1) is 0 Å². The van der Waals surface area contributed by atoms with E-state index in [1.54, 1.807) is 0 Å². The number of piperidine rings is 1. The smallest absolute Gasteiger partial charge is 0.00355 e. The zero-order valence-electron chi connectivity index (χ0n) is 10.9. The molecule has 0 aromatic rings. The van der Waals surface area contributed by atoms with Gasteiger partial charge in [-0.1, -0.05) is 6.92 Å². The van der Waals surface area contributed by atoms with Crippen LogP contribution >= 0.6 is 0 Å². The summed E-state index contributed by atoms with van der Waals surface area (Å²) in [6.45, 7) is 10.7. The molecule has 1 rings (SSSR count). The van der Waals surface area contributed by atoms with E-state index in [1.807, 2.05) is 0 Å². The zero-order valence-corrected chi connectivity index (χ0v) is 10.9. The quantitative estimate of drug-likeness (QED) is 0.752. The van der Waals surface area contributed by atoms with Crippen molar-refractivity contribution in [1.29, 1.82) is 0 Å². The Morgan fingerprint density at radius 2 is 1.80 bits per heavy atom. The van der Waals surface area contributed by atoms with Gasteiger partial charge in [-0.05, 0) is 71.6 Å². The molecule has 15 heavy (non-hydrogen) atoms. The van der Waals surface area contributed by atoms with Gasteiger partial charge in [-0.2, -0.15) is 0 Å². The number of nitrogens with one attached hydrogen (secondary N) is 1. The molecule has 1 heterocycles. The molecule has 0 bridgehead atoms. The molecular formula is C13H28N2. The van der Waals surface area contributed by atoms with Crippen molar-refractivity contribution < 1.29 is 0 Å². The molecule has 2 nitrogen and oxygen atoms in total. The summed E-state index contributed by atoms with van der Waals surface area (Å²) in [6.07, 6.45) is 4.12. The molecule has 0 aromatic heterocycles. The Morgan fingerprint density at radius 1 is 1.20 bits per heavy atom. The molecule has 1 atom stereocenters. The predicted octanol–water partition coefficient (Wildman–Crippen LogP) is 2.35. The van der Waals surface area contributed by atoms with Crippen molar-refractivity contribution in [3.8, 4) is 0 Å². The van der Waals surface area contributed by atoms with Gasteiger partial charge >= 0.3 is 0 Å². The monoisotopic (exact) mass is 212 g/mol. The minimum atomic E-state index is 0.685. The summed E-state index contributed by atoms with van der Waals surface area (Å²) in [5.41, 5.74) is 0. The molecule has 2 heteroatoms. The third-order valence-electron chi connectivity index (χ3n) is 4.01. The lowest BCUT2D eigenvalue weighted by atomic mass is 9.84. The van der Waals surface area contributed by atoms with Crippen molar-refractivity contribution in [1.82, 2.24) is 10.2 Å². The summed E-state index contributed by atoms with van der Waals surface area (Å²) >= 11 is 0. The highest BCUT2D eigenvalue weighted by Crippen LogP contribution is 2.24. The molecule has 1 unspecified atom stereocenters. The summed E-state index contributed by atoms with van der Waals surface area (Å²) in [4.78, 5) is 2.46. The normalized spacial score (nSPS) is 21.2. The summed E-state index contributed by atoms with van der Waals surface area (Å²) in [7, 11) is 2.24. The highest BCUT2D eigenvalue weighted by atomic mass is 15.1. The highest BCUT2D eigenvalue weighted by molar-refractivity contribution is 4.74. The third-order valence-corrected chi connectivity index (χ3v) is 4.01. The topological polar surface area (TPSA) is 15.3 Å². The third kappa shape index (κ3) is 4.52. The number of hydrogen-bond acceptors (Lipinski definition) is 2. The minimum absolute atomic E-state index is 0.685.